The number of carbonyl (C=O) groups is 1. The van der Waals surface area contributed by atoms with Crippen LogP contribution in [0.3, 0.4) is 0 Å². The van der Waals surface area contributed by atoms with Crippen molar-refractivity contribution in [2.45, 2.75) is 44.4 Å². The van der Waals surface area contributed by atoms with Crippen LogP contribution in [-0.2, 0) is 11.0 Å². The number of hydrogen-bond acceptors (Lipinski definition) is 3. The van der Waals surface area contributed by atoms with Crippen molar-refractivity contribution in [3.63, 3.8) is 0 Å². The molecule has 1 aliphatic rings. The number of halogens is 4. The number of benzene rings is 2. The maximum atomic E-state index is 13.1. The molecule has 0 radical (unpaired) electrons. The summed E-state index contributed by atoms with van der Waals surface area (Å²) >= 11 is 3.45. The summed E-state index contributed by atoms with van der Waals surface area (Å²) in [6, 6.07) is 9.13. The van der Waals surface area contributed by atoms with Gasteiger partial charge in [0.25, 0.3) is 0 Å². The molecule has 162 valence electrons. The van der Waals surface area contributed by atoms with Crippen LogP contribution in [-0.4, -0.2) is 35.2 Å². The van der Waals surface area contributed by atoms with E-state index >= 15 is 0 Å². The van der Waals surface area contributed by atoms with Gasteiger partial charge in [-0.15, -0.1) is 0 Å². The average Bonchev–Trinajstić information content (AvgIpc) is 2.70. The van der Waals surface area contributed by atoms with Crippen molar-refractivity contribution in [2.24, 2.45) is 0 Å². The Kier molecular flexibility index (Phi) is 7.08. The molecular formula is C22H23BrF3NO3. The molecule has 8 heteroatoms. The van der Waals surface area contributed by atoms with Crippen molar-refractivity contribution in [1.82, 2.24) is 4.90 Å². The molecule has 4 nitrogen and oxygen atoms in total. The van der Waals surface area contributed by atoms with E-state index in [0.717, 1.165) is 35.0 Å². The third-order valence-electron chi connectivity index (χ3n) is 5.28. The van der Waals surface area contributed by atoms with Crippen LogP contribution in [0.25, 0.3) is 0 Å². The Labute approximate surface area is 181 Å². The van der Waals surface area contributed by atoms with E-state index in [-0.39, 0.29) is 0 Å². The first-order valence-electron chi connectivity index (χ1n) is 9.80. The van der Waals surface area contributed by atoms with Crippen molar-refractivity contribution in [3.8, 4) is 5.75 Å². The number of rotatable bonds is 6. The van der Waals surface area contributed by atoms with Crippen LogP contribution in [0.5, 0.6) is 5.75 Å². The fourth-order valence-corrected chi connectivity index (χ4v) is 4.33. The normalized spacial score (nSPS) is 18.8. The predicted octanol–water partition coefficient (Wildman–Crippen LogP) is 5.90. The van der Waals surface area contributed by atoms with Crippen LogP contribution in [0.4, 0.5) is 13.2 Å². The lowest BCUT2D eigenvalue weighted by molar-refractivity contribution is -0.145. The van der Waals surface area contributed by atoms with Crippen molar-refractivity contribution >= 4 is 21.9 Å². The van der Waals surface area contributed by atoms with Gasteiger partial charge in [-0.05, 0) is 62.2 Å². The van der Waals surface area contributed by atoms with E-state index in [1.54, 1.807) is 6.07 Å². The van der Waals surface area contributed by atoms with Crippen LogP contribution >= 0.6 is 15.9 Å². The van der Waals surface area contributed by atoms with Crippen molar-refractivity contribution < 1.29 is 27.8 Å². The molecule has 0 spiro atoms. The molecule has 2 aromatic rings. The Hall–Kier alpha value is -2.06. The molecule has 0 aliphatic carbocycles. The summed E-state index contributed by atoms with van der Waals surface area (Å²) in [7, 11) is 0. The van der Waals surface area contributed by atoms with Gasteiger partial charge in [0, 0.05) is 10.0 Å². The average molecular weight is 486 g/mol. The summed E-state index contributed by atoms with van der Waals surface area (Å²) in [5.41, 5.74) is 0.576. The van der Waals surface area contributed by atoms with E-state index in [1.165, 1.54) is 12.1 Å². The van der Waals surface area contributed by atoms with Crippen molar-refractivity contribution in [1.29, 1.82) is 0 Å². The van der Waals surface area contributed by atoms with E-state index in [1.807, 2.05) is 24.0 Å². The number of nitrogens with zero attached hydrogens (tertiary/aromatic N) is 1. The van der Waals surface area contributed by atoms with Gasteiger partial charge >= 0.3 is 12.1 Å². The number of aliphatic carboxylic acids is 1. The molecule has 1 aliphatic heterocycles. The molecule has 1 heterocycles. The number of hydrogen-bond donors (Lipinski definition) is 1. The molecule has 0 bridgehead atoms. The molecule has 30 heavy (non-hydrogen) atoms. The Bertz CT molecular complexity index is 886. The van der Waals surface area contributed by atoms with Gasteiger partial charge in [0.15, 0.2) is 0 Å². The standard InChI is InChI=1S/C22H23BrF3NO3/c1-2-30-19-11-10-16(23)13-17(19)20(27-12-4-3-5-18(27)21(28)29)14-6-8-15(9-7-14)22(24,25)26/h6-11,13,18,20H,2-5,12H2,1H3,(H,28,29). The number of carboxylic acid groups (broad SMARTS) is 1. The summed E-state index contributed by atoms with van der Waals surface area (Å²) in [5.74, 6) is -0.347. The monoisotopic (exact) mass is 485 g/mol. The second kappa shape index (κ2) is 9.39. The lowest BCUT2D eigenvalue weighted by atomic mass is 9.90. The molecule has 0 saturated carbocycles. The van der Waals surface area contributed by atoms with Crippen LogP contribution in [0.15, 0.2) is 46.9 Å². The number of likely N-dealkylation sites (tertiary alicyclic amines) is 1. The van der Waals surface area contributed by atoms with E-state index in [2.05, 4.69) is 15.9 Å². The first-order chi connectivity index (χ1) is 14.2. The first-order valence-corrected chi connectivity index (χ1v) is 10.6. The third-order valence-corrected chi connectivity index (χ3v) is 5.77. The first kappa shape index (κ1) is 22.6. The number of alkyl halides is 3. The number of ether oxygens (including phenoxy) is 1. The van der Waals surface area contributed by atoms with Crippen molar-refractivity contribution in [3.05, 3.63) is 63.6 Å². The molecule has 2 aromatic carbocycles. The lowest BCUT2D eigenvalue weighted by Gasteiger charge is -2.40. The van der Waals surface area contributed by atoms with Crippen LogP contribution in [0.2, 0.25) is 0 Å². The summed E-state index contributed by atoms with van der Waals surface area (Å²) in [6.45, 7) is 2.79. The SMILES string of the molecule is CCOc1ccc(Br)cc1C(c1ccc(C(F)(F)F)cc1)N1CCCCC1C(=O)O. The van der Waals surface area contributed by atoms with Crippen LogP contribution < -0.4 is 4.74 Å². The van der Waals surface area contributed by atoms with E-state index < -0.39 is 29.8 Å². The van der Waals surface area contributed by atoms with Gasteiger partial charge in [0.1, 0.15) is 11.8 Å². The Morgan fingerprint density at radius 2 is 1.93 bits per heavy atom. The largest absolute Gasteiger partial charge is 0.494 e. The van der Waals surface area contributed by atoms with Gasteiger partial charge < -0.3 is 9.84 Å². The Morgan fingerprint density at radius 3 is 2.53 bits per heavy atom. The second-order valence-electron chi connectivity index (χ2n) is 7.23. The number of carboxylic acids is 1. The molecule has 2 unspecified atom stereocenters. The zero-order valence-corrected chi connectivity index (χ0v) is 18.0. The quantitative estimate of drug-likeness (QED) is 0.553. The molecule has 1 N–H and O–H groups in total. The summed E-state index contributed by atoms with van der Waals surface area (Å²) in [5, 5.41) is 9.80. The molecule has 0 aromatic heterocycles. The highest BCUT2D eigenvalue weighted by Gasteiger charge is 2.37. The van der Waals surface area contributed by atoms with Crippen LogP contribution in [0.1, 0.15) is 48.9 Å². The fraction of sp³-hybridized carbons (Fsp3) is 0.409. The highest BCUT2D eigenvalue weighted by atomic mass is 79.9. The zero-order chi connectivity index (χ0) is 21.9. The maximum Gasteiger partial charge on any atom is 0.416 e. The summed E-state index contributed by atoms with van der Waals surface area (Å²) in [6.07, 6.45) is -2.33. The minimum atomic E-state index is -4.44. The highest BCUT2D eigenvalue weighted by Crippen LogP contribution is 2.40. The van der Waals surface area contributed by atoms with Gasteiger partial charge in [0.05, 0.1) is 18.2 Å². The topological polar surface area (TPSA) is 49.8 Å². The van der Waals surface area contributed by atoms with Gasteiger partial charge in [-0.2, -0.15) is 13.2 Å². The highest BCUT2D eigenvalue weighted by molar-refractivity contribution is 9.10. The van der Waals surface area contributed by atoms with Crippen molar-refractivity contribution in [2.75, 3.05) is 13.2 Å². The Balaban J connectivity index is 2.14. The van der Waals surface area contributed by atoms with Crippen LogP contribution in [0, 0.1) is 0 Å². The lowest BCUT2D eigenvalue weighted by Crippen LogP contribution is -2.47. The molecule has 3 rings (SSSR count). The van der Waals surface area contributed by atoms with Gasteiger partial charge in [0.2, 0.25) is 0 Å². The molecule has 1 saturated heterocycles. The minimum absolute atomic E-state index is 0.413. The minimum Gasteiger partial charge on any atom is -0.494 e. The zero-order valence-electron chi connectivity index (χ0n) is 16.5. The Morgan fingerprint density at radius 1 is 1.23 bits per heavy atom. The van der Waals surface area contributed by atoms with E-state index in [9.17, 15) is 23.1 Å². The number of piperidine rings is 1. The van der Waals surface area contributed by atoms with E-state index in [4.69, 9.17) is 4.74 Å². The van der Waals surface area contributed by atoms with Gasteiger partial charge in [-0.1, -0.05) is 34.5 Å². The molecule has 0 amide bonds. The smallest absolute Gasteiger partial charge is 0.416 e. The van der Waals surface area contributed by atoms with Gasteiger partial charge in [-0.3, -0.25) is 9.69 Å². The van der Waals surface area contributed by atoms with Gasteiger partial charge in [-0.25, -0.2) is 0 Å². The van der Waals surface area contributed by atoms with E-state index in [0.29, 0.717) is 30.9 Å². The fourth-order valence-electron chi connectivity index (χ4n) is 3.95. The second-order valence-corrected chi connectivity index (χ2v) is 8.14. The summed E-state index contributed by atoms with van der Waals surface area (Å²) in [4.78, 5) is 13.8. The summed E-state index contributed by atoms with van der Waals surface area (Å²) < 4.78 is 45.8. The maximum absolute atomic E-state index is 13.1. The third kappa shape index (κ3) is 4.98. The predicted molar refractivity (Wildman–Crippen MR) is 111 cm³/mol. The molecule has 2 atom stereocenters. The molecule has 1 fully saturated rings. The molecular weight excluding hydrogens is 463 g/mol.